The van der Waals surface area contributed by atoms with Crippen LogP contribution in [0.25, 0.3) is 0 Å². The standard InChI is InChI=1S/C12H21N3S/c1-9-7-10(3-5-15(9)2)14-8-12-11(13)4-6-16-12/h4,6,9-10,14H,3,5,7-8,13H2,1-2H3. The maximum absolute atomic E-state index is 5.87. The molecule has 1 aliphatic rings. The van der Waals surface area contributed by atoms with E-state index in [2.05, 4.69) is 29.6 Å². The number of hydrogen-bond donors (Lipinski definition) is 2. The molecule has 0 amide bonds. The van der Waals surface area contributed by atoms with Gasteiger partial charge in [-0.15, -0.1) is 11.3 Å². The van der Waals surface area contributed by atoms with E-state index in [1.807, 2.05) is 6.07 Å². The molecule has 3 N–H and O–H groups in total. The lowest BCUT2D eigenvalue weighted by molar-refractivity contribution is 0.168. The van der Waals surface area contributed by atoms with E-state index in [0.29, 0.717) is 12.1 Å². The lowest BCUT2D eigenvalue weighted by Crippen LogP contribution is -2.45. The van der Waals surface area contributed by atoms with Gasteiger partial charge in [-0.3, -0.25) is 0 Å². The van der Waals surface area contributed by atoms with Crippen LogP contribution in [0, 0.1) is 0 Å². The number of likely N-dealkylation sites (tertiary alicyclic amines) is 1. The highest BCUT2D eigenvalue weighted by Gasteiger charge is 2.22. The van der Waals surface area contributed by atoms with Crippen molar-refractivity contribution in [3.63, 3.8) is 0 Å². The van der Waals surface area contributed by atoms with Gasteiger partial charge in [0.2, 0.25) is 0 Å². The Balaban J connectivity index is 1.81. The quantitative estimate of drug-likeness (QED) is 0.846. The Hall–Kier alpha value is -0.580. The first-order valence-electron chi connectivity index (χ1n) is 5.92. The number of nitrogens with one attached hydrogen (secondary N) is 1. The number of piperidine rings is 1. The van der Waals surface area contributed by atoms with Crippen molar-refractivity contribution in [2.45, 2.75) is 38.4 Å². The summed E-state index contributed by atoms with van der Waals surface area (Å²) in [5.41, 5.74) is 6.80. The van der Waals surface area contributed by atoms with E-state index >= 15 is 0 Å². The molecule has 0 saturated carbocycles. The molecular weight excluding hydrogens is 218 g/mol. The van der Waals surface area contributed by atoms with Crippen molar-refractivity contribution < 1.29 is 0 Å². The fourth-order valence-electron chi connectivity index (χ4n) is 2.21. The van der Waals surface area contributed by atoms with Crippen LogP contribution in [0.4, 0.5) is 5.69 Å². The second kappa shape index (κ2) is 5.17. The highest BCUT2D eigenvalue weighted by Crippen LogP contribution is 2.20. The van der Waals surface area contributed by atoms with Gasteiger partial charge in [0.1, 0.15) is 0 Å². The molecule has 0 aliphatic carbocycles. The third-order valence-corrected chi connectivity index (χ3v) is 4.48. The summed E-state index contributed by atoms with van der Waals surface area (Å²) >= 11 is 1.74. The zero-order chi connectivity index (χ0) is 11.5. The zero-order valence-electron chi connectivity index (χ0n) is 10.1. The first-order valence-corrected chi connectivity index (χ1v) is 6.80. The monoisotopic (exact) mass is 239 g/mol. The minimum absolute atomic E-state index is 0.646. The molecule has 1 aliphatic heterocycles. The molecule has 2 heterocycles. The molecule has 2 unspecified atom stereocenters. The normalized spacial score (nSPS) is 27.1. The SMILES string of the molecule is CC1CC(NCc2sccc2N)CCN1C. The van der Waals surface area contributed by atoms with E-state index in [1.165, 1.54) is 24.3 Å². The number of rotatable bonds is 3. The van der Waals surface area contributed by atoms with Gasteiger partial charge in [-0.1, -0.05) is 0 Å². The topological polar surface area (TPSA) is 41.3 Å². The summed E-state index contributed by atoms with van der Waals surface area (Å²) in [6, 6.07) is 3.32. The molecule has 1 saturated heterocycles. The third kappa shape index (κ3) is 2.75. The zero-order valence-corrected chi connectivity index (χ0v) is 10.9. The van der Waals surface area contributed by atoms with Gasteiger partial charge in [-0.2, -0.15) is 0 Å². The Labute approximate surface area is 102 Å². The first kappa shape index (κ1) is 11.9. The minimum Gasteiger partial charge on any atom is -0.398 e. The number of anilines is 1. The Kier molecular flexibility index (Phi) is 3.84. The van der Waals surface area contributed by atoms with E-state index in [-0.39, 0.29) is 0 Å². The molecule has 1 aromatic heterocycles. The van der Waals surface area contributed by atoms with Crippen molar-refractivity contribution in [2.24, 2.45) is 0 Å². The highest BCUT2D eigenvalue weighted by atomic mass is 32.1. The maximum Gasteiger partial charge on any atom is 0.0468 e. The van der Waals surface area contributed by atoms with Crippen molar-refractivity contribution in [1.82, 2.24) is 10.2 Å². The molecule has 0 bridgehead atoms. The lowest BCUT2D eigenvalue weighted by atomic mass is 9.99. The van der Waals surface area contributed by atoms with Crippen LogP contribution in [0.1, 0.15) is 24.6 Å². The van der Waals surface area contributed by atoms with E-state index in [1.54, 1.807) is 11.3 Å². The van der Waals surface area contributed by atoms with Crippen LogP contribution in [0.15, 0.2) is 11.4 Å². The average Bonchev–Trinajstić information content (AvgIpc) is 2.66. The lowest BCUT2D eigenvalue weighted by Gasteiger charge is -2.35. The van der Waals surface area contributed by atoms with Crippen molar-refractivity contribution >= 4 is 17.0 Å². The summed E-state index contributed by atoms with van der Waals surface area (Å²) in [6.45, 7) is 4.41. The molecule has 16 heavy (non-hydrogen) atoms. The summed E-state index contributed by atoms with van der Waals surface area (Å²) in [5, 5.41) is 5.68. The molecule has 1 aromatic rings. The second-order valence-electron chi connectivity index (χ2n) is 4.73. The van der Waals surface area contributed by atoms with Gasteiger partial charge >= 0.3 is 0 Å². The molecular formula is C12H21N3S. The fourth-order valence-corrected chi connectivity index (χ4v) is 2.96. The summed E-state index contributed by atoms with van der Waals surface area (Å²) in [6.07, 6.45) is 2.48. The number of thiophene rings is 1. The van der Waals surface area contributed by atoms with Gasteiger partial charge in [0.05, 0.1) is 0 Å². The molecule has 2 atom stereocenters. The average molecular weight is 239 g/mol. The number of nitrogens with zero attached hydrogens (tertiary/aromatic N) is 1. The van der Waals surface area contributed by atoms with Crippen molar-refractivity contribution in [3.8, 4) is 0 Å². The second-order valence-corrected chi connectivity index (χ2v) is 5.73. The summed E-state index contributed by atoms with van der Waals surface area (Å²) in [5.74, 6) is 0. The van der Waals surface area contributed by atoms with Crippen LogP contribution in [-0.2, 0) is 6.54 Å². The maximum atomic E-state index is 5.87. The van der Waals surface area contributed by atoms with Gasteiger partial charge in [0, 0.05) is 29.2 Å². The number of hydrogen-bond acceptors (Lipinski definition) is 4. The van der Waals surface area contributed by atoms with Crippen molar-refractivity contribution in [3.05, 3.63) is 16.3 Å². The molecule has 90 valence electrons. The van der Waals surface area contributed by atoms with Gasteiger partial charge < -0.3 is 16.0 Å². The van der Waals surface area contributed by atoms with E-state index in [0.717, 1.165) is 12.2 Å². The van der Waals surface area contributed by atoms with Crippen LogP contribution < -0.4 is 11.1 Å². The predicted molar refractivity (Wildman–Crippen MR) is 70.7 cm³/mol. The Morgan fingerprint density at radius 1 is 1.62 bits per heavy atom. The minimum atomic E-state index is 0.646. The first-order chi connectivity index (χ1) is 7.66. The molecule has 0 radical (unpaired) electrons. The van der Waals surface area contributed by atoms with Crippen LogP contribution >= 0.6 is 11.3 Å². The van der Waals surface area contributed by atoms with Crippen LogP contribution in [0.5, 0.6) is 0 Å². The number of nitrogens with two attached hydrogens (primary N) is 1. The molecule has 0 aromatic carbocycles. The van der Waals surface area contributed by atoms with Crippen LogP contribution in [0.2, 0.25) is 0 Å². The van der Waals surface area contributed by atoms with E-state index < -0.39 is 0 Å². The molecule has 0 spiro atoms. The van der Waals surface area contributed by atoms with Crippen LogP contribution in [0.3, 0.4) is 0 Å². The van der Waals surface area contributed by atoms with E-state index in [4.69, 9.17) is 5.73 Å². The summed E-state index contributed by atoms with van der Waals surface area (Å²) < 4.78 is 0. The summed E-state index contributed by atoms with van der Waals surface area (Å²) in [7, 11) is 2.21. The Morgan fingerprint density at radius 2 is 2.44 bits per heavy atom. The van der Waals surface area contributed by atoms with Gasteiger partial charge in [0.25, 0.3) is 0 Å². The molecule has 1 fully saturated rings. The van der Waals surface area contributed by atoms with Gasteiger partial charge in [-0.05, 0) is 44.8 Å². The van der Waals surface area contributed by atoms with E-state index in [9.17, 15) is 0 Å². The van der Waals surface area contributed by atoms with Crippen LogP contribution in [-0.4, -0.2) is 30.6 Å². The molecule has 4 heteroatoms. The van der Waals surface area contributed by atoms with Crippen molar-refractivity contribution in [2.75, 3.05) is 19.3 Å². The fraction of sp³-hybridized carbons (Fsp3) is 0.667. The smallest absolute Gasteiger partial charge is 0.0468 e. The van der Waals surface area contributed by atoms with Gasteiger partial charge in [0.15, 0.2) is 0 Å². The predicted octanol–water partition coefficient (Wildman–Crippen LogP) is 1.90. The number of nitrogen functional groups attached to an aromatic ring is 1. The Bertz CT molecular complexity index is 337. The Morgan fingerprint density at radius 3 is 3.06 bits per heavy atom. The molecule has 3 nitrogen and oxygen atoms in total. The molecule has 2 rings (SSSR count). The highest BCUT2D eigenvalue weighted by molar-refractivity contribution is 7.10. The van der Waals surface area contributed by atoms with Gasteiger partial charge in [-0.25, -0.2) is 0 Å². The largest absolute Gasteiger partial charge is 0.398 e. The summed E-state index contributed by atoms with van der Waals surface area (Å²) in [4.78, 5) is 3.70. The third-order valence-electron chi connectivity index (χ3n) is 3.54. The van der Waals surface area contributed by atoms with Crippen molar-refractivity contribution in [1.29, 1.82) is 0 Å².